The topological polar surface area (TPSA) is 76.4 Å². The highest BCUT2D eigenvalue weighted by molar-refractivity contribution is 7.16. The number of nitrogens with zero attached hydrogens (tertiary/aromatic N) is 3. The van der Waals surface area contributed by atoms with Crippen LogP contribution in [0, 0.1) is 0 Å². The second-order valence-electron chi connectivity index (χ2n) is 10.6. The largest absolute Gasteiger partial charge is 0.504 e. The van der Waals surface area contributed by atoms with Crippen molar-refractivity contribution in [1.82, 2.24) is 5.01 Å². The fourth-order valence-electron chi connectivity index (χ4n) is 5.74. The first kappa shape index (κ1) is 26.0. The smallest absolute Gasteiger partial charge is 0.280 e. The van der Waals surface area contributed by atoms with E-state index in [4.69, 9.17) is 5.10 Å². The van der Waals surface area contributed by atoms with Crippen molar-refractivity contribution in [3.05, 3.63) is 124 Å². The molecule has 1 aromatic heterocycles. The molecule has 7 rings (SSSR count). The van der Waals surface area contributed by atoms with Crippen LogP contribution in [0.5, 0.6) is 11.5 Å². The summed E-state index contributed by atoms with van der Waals surface area (Å²) in [5.74, 6) is -0.674. The molecule has 2 aliphatic heterocycles. The molecule has 4 aromatic rings. The van der Waals surface area contributed by atoms with E-state index >= 15 is 0 Å². The number of anilines is 2. The maximum absolute atomic E-state index is 13.7. The molecule has 2 N–H and O–H groups in total. The molecule has 0 atom stereocenters. The van der Waals surface area contributed by atoms with Gasteiger partial charge < -0.3 is 15.1 Å². The molecule has 3 heterocycles. The Balaban J connectivity index is 1.22. The van der Waals surface area contributed by atoms with E-state index in [0.717, 1.165) is 53.2 Å². The molecular formula is C35H29N3O3S. The fourth-order valence-corrected chi connectivity index (χ4v) is 6.69. The minimum Gasteiger partial charge on any atom is -0.504 e. The minimum absolute atomic E-state index is 0.205. The monoisotopic (exact) mass is 571 g/mol. The highest BCUT2D eigenvalue weighted by Gasteiger charge is 2.33. The minimum atomic E-state index is -0.253. The van der Waals surface area contributed by atoms with Gasteiger partial charge in [-0.25, -0.2) is 5.01 Å². The number of para-hydroxylation sites is 1. The molecule has 1 amide bonds. The Morgan fingerprint density at radius 3 is 2.55 bits per heavy atom. The molecule has 0 saturated carbocycles. The van der Waals surface area contributed by atoms with Crippen molar-refractivity contribution in [1.29, 1.82) is 0 Å². The number of carbonyl (C=O) groups excluding carboxylic acids is 1. The Hall–Kier alpha value is -4.88. The second kappa shape index (κ2) is 10.8. The van der Waals surface area contributed by atoms with Crippen molar-refractivity contribution in [3.63, 3.8) is 0 Å². The van der Waals surface area contributed by atoms with Gasteiger partial charge in [0, 0.05) is 38.9 Å². The first-order valence-electron chi connectivity index (χ1n) is 14.1. The maximum atomic E-state index is 13.7. The zero-order valence-electron chi connectivity index (χ0n) is 22.9. The molecule has 0 spiro atoms. The van der Waals surface area contributed by atoms with Gasteiger partial charge in [0.15, 0.2) is 11.5 Å². The summed E-state index contributed by atoms with van der Waals surface area (Å²) in [6.07, 6.45) is 11.5. The number of hydrogen-bond donors (Lipinski definition) is 2. The molecule has 0 radical (unpaired) electrons. The SMILES string of the molecule is O=C1/C(=C\c2ccc(-c3ccc4c(c3)CCCN4c3ccccc3)s2)C(c2ccc(O)c(O)c2)=NN1C1=CC=CCC1. The van der Waals surface area contributed by atoms with Crippen LogP contribution in [0.4, 0.5) is 11.4 Å². The number of allylic oxidation sites excluding steroid dienone is 4. The fraction of sp³-hybridized carbons (Fsp3) is 0.143. The summed E-state index contributed by atoms with van der Waals surface area (Å²) >= 11 is 1.63. The Labute approximate surface area is 248 Å². The summed E-state index contributed by atoms with van der Waals surface area (Å²) < 4.78 is 0. The lowest BCUT2D eigenvalue weighted by molar-refractivity contribution is -0.124. The van der Waals surface area contributed by atoms with E-state index in [1.54, 1.807) is 17.4 Å². The summed E-state index contributed by atoms with van der Waals surface area (Å²) in [6, 6.07) is 25.9. The summed E-state index contributed by atoms with van der Waals surface area (Å²) in [7, 11) is 0. The Morgan fingerprint density at radius 2 is 1.74 bits per heavy atom. The third kappa shape index (κ3) is 4.82. The Morgan fingerprint density at radius 1 is 0.881 bits per heavy atom. The van der Waals surface area contributed by atoms with E-state index in [9.17, 15) is 15.0 Å². The number of hydrazone groups is 1. The molecule has 0 bridgehead atoms. The van der Waals surface area contributed by atoms with Gasteiger partial charge in [0.2, 0.25) is 0 Å². The van der Waals surface area contributed by atoms with Gasteiger partial charge >= 0.3 is 0 Å². The number of phenolic OH excluding ortho intramolecular Hbond substituents is 2. The Bertz CT molecular complexity index is 1820. The lowest BCUT2D eigenvalue weighted by Crippen LogP contribution is -2.24. The Kier molecular flexibility index (Phi) is 6.72. The molecule has 42 heavy (non-hydrogen) atoms. The molecule has 0 unspecified atom stereocenters. The van der Waals surface area contributed by atoms with E-state index in [1.807, 2.05) is 30.4 Å². The lowest BCUT2D eigenvalue weighted by Gasteiger charge is -2.31. The predicted molar refractivity (Wildman–Crippen MR) is 169 cm³/mol. The third-order valence-electron chi connectivity index (χ3n) is 7.85. The van der Waals surface area contributed by atoms with Crippen molar-refractivity contribution >= 4 is 40.4 Å². The first-order valence-corrected chi connectivity index (χ1v) is 15.0. The van der Waals surface area contributed by atoms with Gasteiger partial charge in [-0.05, 0) is 104 Å². The van der Waals surface area contributed by atoms with Crippen LogP contribution in [-0.4, -0.2) is 33.4 Å². The third-order valence-corrected chi connectivity index (χ3v) is 8.94. The molecule has 0 saturated heterocycles. The number of thiophene rings is 1. The van der Waals surface area contributed by atoms with Crippen LogP contribution < -0.4 is 4.90 Å². The number of aromatic hydroxyl groups is 2. The van der Waals surface area contributed by atoms with E-state index in [0.29, 0.717) is 16.8 Å². The standard InChI is InChI=1S/C35H29N3O3S/c39-31-17-14-25(21-32(31)40)34-29(35(41)38(36-34)27-11-5-2-6-12-27)22-28-15-18-33(42-28)24-13-16-30-23(20-24)8-7-19-37(30)26-9-3-1-4-10-26/h1-5,9-11,13-18,20-22,39-40H,6-8,12,19H2/b29-22-. The average Bonchev–Trinajstić information content (AvgIpc) is 3.63. The summed E-state index contributed by atoms with van der Waals surface area (Å²) in [5.41, 5.74) is 7.29. The van der Waals surface area contributed by atoms with Gasteiger partial charge in [0.25, 0.3) is 5.91 Å². The van der Waals surface area contributed by atoms with Gasteiger partial charge in [0.05, 0.1) is 5.57 Å². The second-order valence-corrected chi connectivity index (χ2v) is 11.7. The first-order chi connectivity index (χ1) is 20.5. The van der Waals surface area contributed by atoms with Crippen LogP contribution in [0.1, 0.15) is 35.3 Å². The highest BCUT2D eigenvalue weighted by Crippen LogP contribution is 2.39. The number of phenols is 2. The summed E-state index contributed by atoms with van der Waals surface area (Å²) in [6.45, 7) is 1.01. The molecule has 3 aromatic carbocycles. The van der Waals surface area contributed by atoms with Crippen LogP contribution in [0.15, 0.2) is 113 Å². The van der Waals surface area contributed by atoms with Crippen LogP contribution >= 0.6 is 11.3 Å². The van der Waals surface area contributed by atoms with E-state index in [1.165, 1.54) is 34.1 Å². The number of carbonyl (C=O) groups is 1. The number of rotatable bonds is 5. The molecule has 6 nitrogen and oxygen atoms in total. The zero-order chi connectivity index (χ0) is 28.6. The van der Waals surface area contributed by atoms with Gasteiger partial charge in [-0.1, -0.05) is 36.4 Å². The van der Waals surface area contributed by atoms with Crippen LogP contribution in [-0.2, 0) is 11.2 Å². The van der Waals surface area contributed by atoms with Crippen molar-refractivity contribution in [2.45, 2.75) is 25.7 Å². The van der Waals surface area contributed by atoms with Gasteiger partial charge in [0.1, 0.15) is 5.71 Å². The van der Waals surface area contributed by atoms with Crippen molar-refractivity contribution < 1.29 is 15.0 Å². The van der Waals surface area contributed by atoms with Gasteiger partial charge in [-0.3, -0.25) is 4.79 Å². The molecule has 0 fully saturated rings. The zero-order valence-corrected chi connectivity index (χ0v) is 23.7. The van der Waals surface area contributed by atoms with Gasteiger partial charge in [-0.2, -0.15) is 5.10 Å². The normalized spacial score (nSPS) is 17.4. The highest BCUT2D eigenvalue weighted by atomic mass is 32.1. The molecule has 3 aliphatic rings. The predicted octanol–water partition coefficient (Wildman–Crippen LogP) is 7.77. The summed E-state index contributed by atoms with van der Waals surface area (Å²) in [5, 5.41) is 26.2. The summed E-state index contributed by atoms with van der Waals surface area (Å²) in [4.78, 5) is 18.2. The molecule has 1 aliphatic carbocycles. The van der Waals surface area contributed by atoms with Crippen LogP contribution in [0.25, 0.3) is 16.5 Å². The molecule has 7 heteroatoms. The van der Waals surface area contributed by atoms with Crippen molar-refractivity contribution in [2.75, 3.05) is 11.4 Å². The molecule has 208 valence electrons. The number of hydrogen-bond acceptors (Lipinski definition) is 6. The van der Waals surface area contributed by atoms with Gasteiger partial charge in [-0.15, -0.1) is 11.3 Å². The number of fused-ring (bicyclic) bond motifs is 1. The lowest BCUT2D eigenvalue weighted by atomic mass is 9.98. The van der Waals surface area contributed by atoms with Crippen LogP contribution in [0.3, 0.4) is 0 Å². The van der Waals surface area contributed by atoms with Crippen LogP contribution in [0.2, 0.25) is 0 Å². The van der Waals surface area contributed by atoms with E-state index in [-0.39, 0.29) is 17.4 Å². The van der Waals surface area contributed by atoms with Crippen molar-refractivity contribution in [2.24, 2.45) is 5.10 Å². The molecular weight excluding hydrogens is 542 g/mol. The van der Waals surface area contributed by atoms with Crippen molar-refractivity contribution in [3.8, 4) is 21.9 Å². The number of amides is 1. The number of aryl methyl sites for hydroxylation is 1. The quantitative estimate of drug-likeness (QED) is 0.190. The average molecular weight is 572 g/mol. The number of benzene rings is 3. The maximum Gasteiger partial charge on any atom is 0.280 e. The van der Waals surface area contributed by atoms with E-state index in [2.05, 4.69) is 59.5 Å². The van der Waals surface area contributed by atoms with E-state index < -0.39 is 0 Å².